The second-order valence-electron chi connectivity index (χ2n) is 3.73. The number of halogens is 1. The Labute approximate surface area is 106 Å². The molecule has 6 nitrogen and oxygen atoms in total. The van der Waals surface area contributed by atoms with Crippen molar-refractivity contribution in [3.63, 3.8) is 0 Å². The van der Waals surface area contributed by atoms with Crippen molar-refractivity contribution in [3.8, 4) is 5.75 Å². The zero-order valence-corrected chi connectivity index (χ0v) is 9.81. The molecule has 0 aliphatic carbocycles. The molecule has 1 heterocycles. The third-order valence-corrected chi connectivity index (χ3v) is 2.57. The molecule has 2 rings (SSSR count). The van der Waals surface area contributed by atoms with Gasteiger partial charge in [-0.1, -0.05) is 0 Å². The van der Waals surface area contributed by atoms with Crippen LogP contribution in [-0.2, 0) is 0 Å². The highest BCUT2D eigenvalue weighted by atomic mass is 19.1. The zero-order chi connectivity index (χ0) is 14.2. The molecule has 0 saturated carbocycles. The van der Waals surface area contributed by atoms with E-state index in [1.165, 1.54) is 13.2 Å². The van der Waals surface area contributed by atoms with Crippen molar-refractivity contribution in [2.24, 2.45) is 5.73 Å². The largest absolute Gasteiger partial charge is 0.494 e. The fourth-order valence-electron chi connectivity index (χ4n) is 1.69. The first kappa shape index (κ1) is 12.7. The number of ether oxygens (including phenoxy) is 1. The first-order valence-corrected chi connectivity index (χ1v) is 5.15. The smallest absolute Gasteiger partial charge is 0.336 e. The lowest BCUT2D eigenvalue weighted by atomic mass is 10.1. The zero-order valence-electron chi connectivity index (χ0n) is 9.81. The van der Waals surface area contributed by atoms with E-state index in [-0.39, 0.29) is 27.9 Å². The van der Waals surface area contributed by atoms with Crippen LogP contribution in [0.2, 0.25) is 0 Å². The van der Waals surface area contributed by atoms with Gasteiger partial charge in [-0.25, -0.2) is 14.2 Å². The number of amides is 1. The number of fused-ring (bicyclic) bond motifs is 1. The predicted octanol–water partition coefficient (Wildman–Crippen LogP) is 1.18. The quantitative estimate of drug-likeness (QED) is 0.866. The predicted molar refractivity (Wildman–Crippen MR) is 63.7 cm³/mol. The average molecular weight is 264 g/mol. The summed E-state index contributed by atoms with van der Waals surface area (Å²) < 4.78 is 18.3. The summed E-state index contributed by atoms with van der Waals surface area (Å²) in [5.74, 6) is -2.98. The van der Waals surface area contributed by atoms with E-state index >= 15 is 0 Å². The highest BCUT2D eigenvalue weighted by molar-refractivity contribution is 6.05. The highest BCUT2D eigenvalue weighted by Gasteiger charge is 2.17. The number of carboxylic acid groups (broad SMARTS) is 1. The standard InChI is InChI=1S/C12H9FN2O4/c1-19-10-3-5-6(12(17)18)2-9(11(14)16)15-8(5)4-7(10)13/h2-4H,1H3,(H2,14,16)(H,17,18). The van der Waals surface area contributed by atoms with Gasteiger partial charge in [-0.15, -0.1) is 0 Å². The molecule has 0 radical (unpaired) electrons. The van der Waals surface area contributed by atoms with Crippen molar-refractivity contribution in [1.82, 2.24) is 4.98 Å². The van der Waals surface area contributed by atoms with E-state index in [1.54, 1.807) is 0 Å². The van der Waals surface area contributed by atoms with Crippen molar-refractivity contribution < 1.29 is 23.8 Å². The first-order chi connectivity index (χ1) is 8.93. The Morgan fingerprint density at radius 3 is 2.58 bits per heavy atom. The number of pyridine rings is 1. The molecule has 0 atom stereocenters. The minimum Gasteiger partial charge on any atom is -0.494 e. The Kier molecular flexibility index (Phi) is 3.04. The highest BCUT2D eigenvalue weighted by Crippen LogP contribution is 2.26. The van der Waals surface area contributed by atoms with E-state index in [0.717, 1.165) is 12.1 Å². The normalized spacial score (nSPS) is 10.4. The second kappa shape index (κ2) is 4.52. The molecule has 1 amide bonds. The molecular formula is C12H9FN2O4. The second-order valence-corrected chi connectivity index (χ2v) is 3.73. The van der Waals surface area contributed by atoms with E-state index in [0.29, 0.717) is 0 Å². The van der Waals surface area contributed by atoms with E-state index in [9.17, 15) is 14.0 Å². The van der Waals surface area contributed by atoms with Crippen molar-refractivity contribution in [1.29, 1.82) is 0 Å². The maximum absolute atomic E-state index is 13.6. The number of hydrogen-bond donors (Lipinski definition) is 2. The average Bonchev–Trinajstić information content (AvgIpc) is 2.36. The number of carboxylic acids is 1. The van der Waals surface area contributed by atoms with Crippen LogP contribution >= 0.6 is 0 Å². The van der Waals surface area contributed by atoms with Crippen molar-refractivity contribution in [2.75, 3.05) is 7.11 Å². The summed E-state index contributed by atoms with van der Waals surface area (Å²) in [7, 11) is 1.26. The van der Waals surface area contributed by atoms with E-state index in [4.69, 9.17) is 15.6 Å². The first-order valence-electron chi connectivity index (χ1n) is 5.15. The van der Waals surface area contributed by atoms with Gasteiger partial charge < -0.3 is 15.6 Å². The van der Waals surface area contributed by atoms with Crippen molar-refractivity contribution in [3.05, 3.63) is 35.3 Å². The molecule has 0 aliphatic heterocycles. The Morgan fingerprint density at radius 1 is 1.37 bits per heavy atom. The number of nitrogens with two attached hydrogens (primary N) is 1. The number of carbonyl (C=O) groups excluding carboxylic acids is 1. The molecule has 7 heteroatoms. The summed E-state index contributed by atoms with van der Waals surface area (Å²) in [6.45, 7) is 0. The Hall–Kier alpha value is -2.70. The third kappa shape index (κ3) is 2.17. The van der Waals surface area contributed by atoms with Gasteiger partial charge in [-0.05, 0) is 12.1 Å². The van der Waals surface area contributed by atoms with E-state index in [2.05, 4.69) is 4.98 Å². The molecular weight excluding hydrogens is 255 g/mol. The molecule has 0 saturated heterocycles. The topological polar surface area (TPSA) is 103 Å². The Bertz CT molecular complexity index is 700. The molecule has 1 aromatic heterocycles. The van der Waals surface area contributed by atoms with Gasteiger partial charge in [0, 0.05) is 11.5 Å². The van der Waals surface area contributed by atoms with Crippen LogP contribution in [0.1, 0.15) is 20.8 Å². The molecule has 3 N–H and O–H groups in total. The maximum atomic E-state index is 13.6. The lowest BCUT2D eigenvalue weighted by Gasteiger charge is -2.07. The summed E-state index contributed by atoms with van der Waals surface area (Å²) in [6.07, 6.45) is 0. The Morgan fingerprint density at radius 2 is 2.05 bits per heavy atom. The number of primary amides is 1. The minimum absolute atomic E-state index is 0.0204. The number of nitrogens with zero attached hydrogens (tertiary/aromatic N) is 1. The van der Waals surface area contributed by atoms with E-state index in [1.807, 2.05) is 0 Å². The van der Waals surface area contributed by atoms with Gasteiger partial charge in [0.05, 0.1) is 18.2 Å². The van der Waals surface area contributed by atoms with Gasteiger partial charge in [0.15, 0.2) is 11.6 Å². The molecule has 0 aliphatic rings. The molecule has 98 valence electrons. The van der Waals surface area contributed by atoms with Crippen LogP contribution < -0.4 is 10.5 Å². The number of benzene rings is 1. The number of rotatable bonds is 3. The fraction of sp³-hybridized carbons (Fsp3) is 0.0833. The van der Waals surface area contributed by atoms with E-state index < -0.39 is 17.7 Å². The third-order valence-electron chi connectivity index (χ3n) is 2.57. The van der Waals surface area contributed by atoms with Gasteiger partial charge in [-0.2, -0.15) is 0 Å². The molecule has 0 bridgehead atoms. The van der Waals surface area contributed by atoms with Crippen LogP contribution in [0.15, 0.2) is 18.2 Å². The van der Waals surface area contributed by atoms with Crippen LogP contribution in [0.25, 0.3) is 10.9 Å². The summed E-state index contributed by atoms with van der Waals surface area (Å²) in [5, 5.41) is 9.27. The molecule has 19 heavy (non-hydrogen) atoms. The number of aromatic nitrogens is 1. The van der Waals surface area contributed by atoms with Crippen LogP contribution in [0, 0.1) is 5.82 Å². The van der Waals surface area contributed by atoms with Crippen LogP contribution in [0.5, 0.6) is 5.75 Å². The molecule has 0 unspecified atom stereocenters. The maximum Gasteiger partial charge on any atom is 0.336 e. The van der Waals surface area contributed by atoms with Crippen LogP contribution in [0.4, 0.5) is 4.39 Å². The molecule has 0 fully saturated rings. The summed E-state index contributed by atoms with van der Waals surface area (Å²) in [4.78, 5) is 26.1. The number of aromatic carboxylic acids is 1. The summed E-state index contributed by atoms with van der Waals surface area (Å²) in [6, 6.07) is 3.25. The monoisotopic (exact) mass is 264 g/mol. The molecule has 2 aromatic rings. The van der Waals surface area contributed by atoms with Crippen molar-refractivity contribution in [2.45, 2.75) is 0 Å². The molecule has 0 spiro atoms. The molecule has 1 aromatic carbocycles. The summed E-state index contributed by atoms with van der Waals surface area (Å²) >= 11 is 0. The Balaban J connectivity index is 2.87. The van der Waals surface area contributed by atoms with Gasteiger partial charge in [0.25, 0.3) is 5.91 Å². The van der Waals surface area contributed by atoms with Crippen LogP contribution in [-0.4, -0.2) is 29.1 Å². The van der Waals surface area contributed by atoms with Crippen LogP contribution in [0.3, 0.4) is 0 Å². The lowest BCUT2D eigenvalue weighted by Crippen LogP contribution is -2.15. The fourth-order valence-corrected chi connectivity index (χ4v) is 1.69. The lowest BCUT2D eigenvalue weighted by molar-refractivity contribution is 0.0699. The summed E-state index contributed by atoms with van der Waals surface area (Å²) in [5.41, 5.74) is 4.64. The van der Waals surface area contributed by atoms with Gasteiger partial charge in [0.2, 0.25) is 0 Å². The van der Waals surface area contributed by atoms with Crippen molar-refractivity contribution >= 4 is 22.8 Å². The number of hydrogen-bond acceptors (Lipinski definition) is 4. The van der Waals surface area contributed by atoms with Gasteiger partial charge >= 0.3 is 5.97 Å². The van der Waals surface area contributed by atoms with Gasteiger partial charge in [-0.3, -0.25) is 4.79 Å². The minimum atomic E-state index is -1.27. The number of carbonyl (C=O) groups is 2. The number of methoxy groups -OCH3 is 1. The van der Waals surface area contributed by atoms with Gasteiger partial charge in [0.1, 0.15) is 5.69 Å². The SMILES string of the molecule is COc1cc2c(C(=O)O)cc(C(N)=O)nc2cc1F.